The molecular formula is C19H22N2O2. The molecule has 23 heavy (non-hydrogen) atoms. The molecule has 0 aromatic heterocycles. The van der Waals surface area contributed by atoms with Crippen LogP contribution < -0.4 is 5.32 Å². The number of hydrogen-bond donors (Lipinski definition) is 1. The third-order valence-corrected chi connectivity index (χ3v) is 3.80. The summed E-state index contributed by atoms with van der Waals surface area (Å²) in [5.41, 5.74) is 2.80. The fraction of sp³-hybridized carbons (Fsp3) is 0.263. The van der Waals surface area contributed by atoms with E-state index in [1.54, 1.807) is 43.1 Å². The summed E-state index contributed by atoms with van der Waals surface area (Å²) in [5, 5.41) is 2.75. The first kappa shape index (κ1) is 16.7. The second-order valence-corrected chi connectivity index (χ2v) is 5.68. The summed E-state index contributed by atoms with van der Waals surface area (Å²) in [6.07, 6.45) is 0. The molecular weight excluding hydrogens is 288 g/mol. The van der Waals surface area contributed by atoms with E-state index in [4.69, 9.17) is 0 Å². The summed E-state index contributed by atoms with van der Waals surface area (Å²) in [7, 11) is 1.75. The number of benzene rings is 2. The number of hydrogen-bond acceptors (Lipinski definition) is 2. The summed E-state index contributed by atoms with van der Waals surface area (Å²) < 4.78 is 0. The fourth-order valence-corrected chi connectivity index (χ4v) is 2.38. The van der Waals surface area contributed by atoms with E-state index < -0.39 is 6.04 Å². The molecule has 0 aliphatic heterocycles. The van der Waals surface area contributed by atoms with Crippen LogP contribution in [0.1, 0.15) is 28.4 Å². The molecule has 0 aliphatic carbocycles. The molecule has 2 rings (SSSR count). The topological polar surface area (TPSA) is 49.4 Å². The van der Waals surface area contributed by atoms with Crippen molar-refractivity contribution in [2.24, 2.45) is 0 Å². The van der Waals surface area contributed by atoms with Gasteiger partial charge in [-0.15, -0.1) is 0 Å². The highest BCUT2D eigenvalue weighted by atomic mass is 16.2. The van der Waals surface area contributed by atoms with E-state index in [1.165, 1.54) is 0 Å². The van der Waals surface area contributed by atoms with Crippen molar-refractivity contribution in [1.29, 1.82) is 0 Å². The van der Waals surface area contributed by atoms with Crippen molar-refractivity contribution in [2.45, 2.75) is 26.4 Å². The number of carbonyl (C=O) groups is 2. The summed E-state index contributed by atoms with van der Waals surface area (Å²) in [6.45, 7) is 4.25. The lowest BCUT2D eigenvalue weighted by molar-refractivity contribution is -0.132. The van der Waals surface area contributed by atoms with Crippen LogP contribution in [-0.4, -0.2) is 29.8 Å². The van der Waals surface area contributed by atoms with Crippen LogP contribution in [0.15, 0.2) is 54.6 Å². The third-order valence-electron chi connectivity index (χ3n) is 3.80. The number of nitrogens with zero attached hydrogens (tertiary/aromatic N) is 1. The number of rotatable bonds is 5. The van der Waals surface area contributed by atoms with E-state index in [0.717, 1.165) is 11.1 Å². The molecule has 2 aromatic carbocycles. The highest BCUT2D eigenvalue weighted by Crippen LogP contribution is 2.10. The smallest absolute Gasteiger partial charge is 0.251 e. The number of likely N-dealkylation sites (N-methyl/N-ethyl adjacent to an activating group) is 1. The first-order valence-corrected chi connectivity index (χ1v) is 7.64. The molecule has 0 spiro atoms. The van der Waals surface area contributed by atoms with Crippen LogP contribution in [0.3, 0.4) is 0 Å². The SMILES string of the molecule is Cc1ccccc1CN(C)C(=O)C(C)NC(=O)c1ccccc1. The lowest BCUT2D eigenvalue weighted by Crippen LogP contribution is -2.45. The van der Waals surface area contributed by atoms with E-state index in [2.05, 4.69) is 5.32 Å². The molecule has 4 heteroatoms. The largest absolute Gasteiger partial charge is 0.341 e. The van der Waals surface area contributed by atoms with Gasteiger partial charge in [0.1, 0.15) is 6.04 Å². The van der Waals surface area contributed by atoms with Gasteiger partial charge in [-0.2, -0.15) is 0 Å². The van der Waals surface area contributed by atoms with Gasteiger partial charge >= 0.3 is 0 Å². The first-order valence-electron chi connectivity index (χ1n) is 7.64. The summed E-state index contributed by atoms with van der Waals surface area (Å²) >= 11 is 0. The molecule has 0 aliphatic rings. The van der Waals surface area contributed by atoms with Crippen LogP contribution in [0.5, 0.6) is 0 Å². The van der Waals surface area contributed by atoms with Crippen LogP contribution in [0, 0.1) is 6.92 Å². The van der Waals surface area contributed by atoms with Gasteiger partial charge in [-0.25, -0.2) is 0 Å². The maximum absolute atomic E-state index is 12.4. The second-order valence-electron chi connectivity index (χ2n) is 5.68. The van der Waals surface area contributed by atoms with Gasteiger partial charge in [0.05, 0.1) is 0 Å². The Kier molecular flexibility index (Phi) is 5.52. The predicted octanol–water partition coefficient (Wildman–Crippen LogP) is 2.77. The van der Waals surface area contributed by atoms with E-state index in [-0.39, 0.29) is 11.8 Å². The summed E-state index contributed by atoms with van der Waals surface area (Å²) in [4.78, 5) is 26.2. The van der Waals surface area contributed by atoms with Gasteiger partial charge < -0.3 is 10.2 Å². The van der Waals surface area contributed by atoms with Crippen LogP contribution in [-0.2, 0) is 11.3 Å². The zero-order chi connectivity index (χ0) is 16.8. The minimum atomic E-state index is -0.572. The van der Waals surface area contributed by atoms with Crippen molar-refractivity contribution in [2.75, 3.05) is 7.05 Å². The summed E-state index contributed by atoms with van der Waals surface area (Å²) in [5.74, 6) is -0.353. The van der Waals surface area contributed by atoms with Crippen LogP contribution in [0.2, 0.25) is 0 Å². The van der Waals surface area contributed by atoms with Crippen LogP contribution in [0.25, 0.3) is 0 Å². The monoisotopic (exact) mass is 310 g/mol. The quantitative estimate of drug-likeness (QED) is 0.923. The Morgan fingerprint density at radius 1 is 1.04 bits per heavy atom. The van der Waals surface area contributed by atoms with Gasteiger partial charge in [0, 0.05) is 19.2 Å². The number of aryl methyl sites for hydroxylation is 1. The van der Waals surface area contributed by atoms with Gasteiger partial charge in [0.25, 0.3) is 5.91 Å². The van der Waals surface area contributed by atoms with Crippen molar-refractivity contribution in [3.8, 4) is 0 Å². The first-order chi connectivity index (χ1) is 11.0. The number of carbonyl (C=O) groups excluding carboxylic acids is 2. The van der Waals surface area contributed by atoms with Crippen molar-refractivity contribution in [3.05, 3.63) is 71.3 Å². The zero-order valence-electron chi connectivity index (χ0n) is 13.7. The number of amides is 2. The Labute approximate surface area is 137 Å². The maximum Gasteiger partial charge on any atom is 0.251 e. The average molecular weight is 310 g/mol. The molecule has 0 fully saturated rings. The number of nitrogens with one attached hydrogen (secondary N) is 1. The van der Waals surface area contributed by atoms with Gasteiger partial charge in [-0.05, 0) is 37.1 Å². The molecule has 1 N–H and O–H groups in total. The molecule has 0 saturated heterocycles. The van der Waals surface area contributed by atoms with Crippen LogP contribution in [0.4, 0.5) is 0 Å². The van der Waals surface area contributed by atoms with Crippen LogP contribution >= 0.6 is 0 Å². The average Bonchev–Trinajstić information content (AvgIpc) is 2.56. The molecule has 2 amide bonds. The Morgan fingerprint density at radius 2 is 1.65 bits per heavy atom. The Hall–Kier alpha value is -2.62. The van der Waals surface area contributed by atoms with E-state index in [9.17, 15) is 9.59 Å². The lowest BCUT2D eigenvalue weighted by Gasteiger charge is -2.23. The minimum Gasteiger partial charge on any atom is -0.341 e. The van der Waals surface area contributed by atoms with Crippen molar-refractivity contribution in [3.63, 3.8) is 0 Å². The normalized spacial score (nSPS) is 11.6. The van der Waals surface area contributed by atoms with E-state index >= 15 is 0 Å². The highest BCUT2D eigenvalue weighted by molar-refractivity contribution is 5.97. The Morgan fingerprint density at radius 3 is 2.30 bits per heavy atom. The molecule has 4 nitrogen and oxygen atoms in total. The summed E-state index contributed by atoms with van der Waals surface area (Å²) in [6, 6.07) is 16.3. The van der Waals surface area contributed by atoms with Crippen molar-refractivity contribution < 1.29 is 9.59 Å². The third kappa shape index (κ3) is 4.42. The zero-order valence-corrected chi connectivity index (χ0v) is 13.7. The minimum absolute atomic E-state index is 0.113. The molecule has 0 radical (unpaired) electrons. The molecule has 0 heterocycles. The molecule has 120 valence electrons. The Bertz CT molecular complexity index is 683. The van der Waals surface area contributed by atoms with Gasteiger partial charge in [0.15, 0.2) is 0 Å². The second kappa shape index (κ2) is 7.58. The molecule has 1 atom stereocenters. The fourth-order valence-electron chi connectivity index (χ4n) is 2.38. The molecule has 0 saturated carbocycles. The van der Waals surface area contributed by atoms with Gasteiger partial charge in [-0.1, -0.05) is 42.5 Å². The van der Waals surface area contributed by atoms with Gasteiger partial charge in [0.2, 0.25) is 5.91 Å². The molecule has 0 bridgehead atoms. The van der Waals surface area contributed by atoms with E-state index in [0.29, 0.717) is 12.1 Å². The molecule has 2 aromatic rings. The Balaban J connectivity index is 1.96. The van der Waals surface area contributed by atoms with Crippen molar-refractivity contribution in [1.82, 2.24) is 10.2 Å². The van der Waals surface area contributed by atoms with E-state index in [1.807, 2.05) is 37.3 Å². The molecule has 1 unspecified atom stereocenters. The predicted molar refractivity (Wildman–Crippen MR) is 91.0 cm³/mol. The maximum atomic E-state index is 12.4. The standard InChI is InChI=1S/C19H22N2O2/c1-14-9-7-8-12-17(14)13-21(3)19(23)15(2)20-18(22)16-10-5-4-6-11-16/h4-12,15H,13H2,1-3H3,(H,20,22). The van der Waals surface area contributed by atoms with Crippen molar-refractivity contribution >= 4 is 11.8 Å². The highest BCUT2D eigenvalue weighted by Gasteiger charge is 2.20. The van der Waals surface area contributed by atoms with Gasteiger partial charge in [-0.3, -0.25) is 9.59 Å². The lowest BCUT2D eigenvalue weighted by atomic mass is 10.1.